The van der Waals surface area contributed by atoms with E-state index in [1.807, 2.05) is 6.92 Å². The zero-order valence-electron chi connectivity index (χ0n) is 9.07. The Balaban J connectivity index is 3.00. The van der Waals surface area contributed by atoms with E-state index in [4.69, 9.17) is 0 Å². The van der Waals surface area contributed by atoms with E-state index in [1.165, 1.54) is 12.1 Å². The van der Waals surface area contributed by atoms with Gasteiger partial charge in [0.15, 0.2) is 0 Å². The van der Waals surface area contributed by atoms with Crippen LogP contribution in [-0.4, -0.2) is 12.5 Å². The van der Waals surface area contributed by atoms with Gasteiger partial charge in [0, 0.05) is 16.6 Å². The Morgan fingerprint density at radius 3 is 2.59 bits per heavy atom. The van der Waals surface area contributed by atoms with Gasteiger partial charge in [0.25, 0.3) is 5.91 Å². The number of alkyl halides is 3. The Kier molecular flexibility index (Phi) is 4.56. The average Bonchev–Trinajstić information content (AvgIpc) is 2.25. The van der Waals surface area contributed by atoms with Crippen LogP contribution in [0.3, 0.4) is 0 Å². The fourth-order valence-electron chi connectivity index (χ4n) is 1.22. The van der Waals surface area contributed by atoms with Crippen LogP contribution in [0.2, 0.25) is 0 Å². The summed E-state index contributed by atoms with van der Waals surface area (Å²) in [6, 6.07) is 3.42. The molecular weight excluding hydrogens is 299 g/mol. The first-order valence-corrected chi connectivity index (χ1v) is 5.80. The highest BCUT2D eigenvalue weighted by atomic mass is 79.9. The van der Waals surface area contributed by atoms with Crippen LogP contribution < -0.4 is 5.32 Å². The summed E-state index contributed by atoms with van der Waals surface area (Å²) in [5.74, 6) is -0.496. The van der Waals surface area contributed by atoms with Crippen LogP contribution >= 0.6 is 15.9 Å². The lowest BCUT2D eigenvalue weighted by Gasteiger charge is -2.11. The molecule has 94 valence electrons. The highest BCUT2D eigenvalue weighted by molar-refractivity contribution is 9.10. The van der Waals surface area contributed by atoms with E-state index in [0.29, 0.717) is 6.54 Å². The van der Waals surface area contributed by atoms with Crippen LogP contribution in [0.1, 0.15) is 29.3 Å². The molecule has 1 aromatic carbocycles. The van der Waals surface area contributed by atoms with Gasteiger partial charge < -0.3 is 5.32 Å². The lowest BCUT2D eigenvalue weighted by Crippen LogP contribution is -2.24. The van der Waals surface area contributed by atoms with E-state index in [-0.39, 0.29) is 10.0 Å². The second-order valence-electron chi connectivity index (χ2n) is 3.45. The third-order valence-electron chi connectivity index (χ3n) is 2.07. The van der Waals surface area contributed by atoms with Crippen molar-refractivity contribution in [2.45, 2.75) is 19.5 Å². The molecule has 0 saturated heterocycles. The van der Waals surface area contributed by atoms with Gasteiger partial charge in [-0.15, -0.1) is 0 Å². The summed E-state index contributed by atoms with van der Waals surface area (Å²) in [6.07, 6.45) is -3.74. The molecule has 0 spiro atoms. The van der Waals surface area contributed by atoms with Crippen LogP contribution in [0, 0.1) is 0 Å². The van der Waals surface area contributed by atoms with E-state index >= 15 is 0 Å². The van der Waals surface area contributed by atoms with Crippen LogP contribution in [-0.2, 0) is 6.18 Å². The van der Waals surface area contributed by atoms with Crippen molar-refractivity contribution >= 4 is 21.8 Å². The quantitative estimate of drug-likeness (QED) is 0.908. The maximum atomic E-state index is 12.6. The van der Waals surface area contributed by atoms with Gasteiger partial charge in [-0.2, -0.15) is 13.2 Å². The van der Waals surface area contributed by atoms with Gasteiger partial charge >= 0.3 is 6.18 Å². The van der Waals surface area contributed by atoms with Gasteiger partial charge in [0.1, 0.15) is 0 Å². The number of benzene rings is 1. The number of hydrogen-bond acceptors (Lipinski definition) is 1. The molecule has 0 aromatic heterocycles. The maximum absolute atomic E-state index is 12.6. The Labute approximate surface area is 105 Å². The second-order valence-corrected chi connectivity index (χ2v) is 4.30. The molecule has 0 fully saturated rings. The molecule has 0 aliphatic heterocycles. The summed E-state index contributed by atoms with van der Waals surface area (Å²) in [5, 5.41) is 2.53. The van der Waals surface area contributed by atoms with Gasteiger partial charge in [0.05, 0.1) is 5.56 Å². The number of carbonyl (C=O) groups is 1. The summed E-state index contributed by atoms with van der Waals surface area (Å²) >= 11 is 2.82. The molecular formula is C11H11BrF3NO. The largest absolute Gasteiger partial charge is 0.417 e. The summed E-state index contributed by atoms with van der Waals surface area (Å²) in [7, 11) is 0. The Morgan fingerprint density at radius 2 is 2.06 bits per heavy atom. The van der Waals surface area contributed by atoms with Gasteiger partial charge in [0.2, 0.25) is 0 Å². The Hall–Kier alpha value is -1.04. The minimum absolute atomic E-state index is 0.00831. The van der Waals surface area contributed by atoms with Crippen molar-refractivity contribution in [2.75, 3.05) is 6.54 Å². The first-order chi connectivity index (χ1) is 7.86. The van der Waals surface area contributed by atoms with Gasteiger partial charge in [-0.1, -0.05) is 22.9 Å². The van der Waals surface area contributed by atoms with Crippen LogP contribution in [0.15, 0.2) is 22.7 Å². The van der Waals surface area contributed by atoms with Gasteiger partial charge in [-0.3, -0.25) is 4.79 Å². The van der Waals surface area contributed by atoms with Crippen molar-refractivity contribution in [3.8, 4) is 0 Å². The van der Waals surface area contributed by atoms with Crippen molar-refractivity contribution in [1.82, 2.24) is 5.32 Å². The van der Waals surface area contributed by atoms with Crippen molar-refractivity contribution in [1.29, 1.82) is 0 Å². The molecule has 0 radical (unpaired) electrons. The van der Waals surface area contributed by atoms with Crippen molar-refractivity contribution in [3.05, 3.63) is 33.8 Å². The van der Waals surface area contributed by atoms with E-state index in [2.05, 4.69) is 21.2 Å². The first-order valence-electron chi connectivity index (χ1n) is 5.01. The number of nitrogens with one attached hydrogen (secondary N) is 1. The summed E-state index contributed by atoms with van der Waals surface area (Å²) in [6.45, 7) is 2.30. The molecule has 0 aliphatic carbocycles. The van der Waals surface area contributed by atoms with E-state index in [1.54, 1.807) is 0 Å². The molecule has 0 aliphatic rings. The minimum Gasteiger partial charge on any atom is -0.352 e. The summed E-state index contributed by atoms with van der Waals surface area (Å²) in [4.78, 5) is 11.5. The molecule has 0 heterocycles. The molecule has 0 atom stereocenters. The highest BCUT2D eigenvalue weighted by Gasteiger charge is 2.33. The van der Waals surface area contributed by atoms with Gasteiger partial charge in [-0.05, 0) is 24.6 Å². The highest BCUT2D eigenvalue weighted by Crippen LogP contribution is 2.35. The number of rotatable bonds is 3. The molecule has 0 unspecified atom stereocenters. The van der Waals surface area contributed by atoms with Crippen molar-refractivity contribution in [2.24, 2.45) is 0 Å². The predicted molar refractivity (Wildman–Crippen MR) is 61.8 cm³/mol. The smallest absolute Gasteiger partial charge is 0.352 e. The van der Waals surface area contributed by atoms with Crippen LogP contribution in [0.4, 0.5) is 13.2 Å². The summed E-state index contributed by atoms with van der Waals surface area (Å²) < 4.78 is 37.7. The van der Waals surface area contributed by atoms with Crippen LogP contribution in [0.5, 0.6) is 0 Å². The summed E-state index contributed by atoms with van der Waals surface area (Å²) in [5.41, 5.74) is -0.837. The molecule has 6 heteroatoms. The molecule has 1 amide bonds. The van der Waals surface area contributed by atoms with E-state index in [0.717, 1.165) is 12.5 Å². The number of carbonyl (C=O) groups excluding carboxylic acids is 1. The van der Waals surface area contributed by atoms with Crippen molar-refractivity contribution in [3.63, 3.8) is 0 Å². The second kappa shape index (κ2) is 5.53. The van der Waals surface area contributed by atoms with Crippen LogP contribution in [0.25, 0.3) is 0 Å². The topological polar surface area (TPSA) is 29.1 Å². The van der Waals surface area contributed by atoms with Gasteiger partial charge in [-0.25, -0.2) is 0 Å². The predicted octanol–water partition coefficient (Wildman–Crippen LogP) is 3.61. The number of amides is 1. The standard InChI is InChI=1S/C11H11BrF3NO/c1-2-5-16-10(17)7-3-4-9(12)8(6-7)11(13,14)15/h3-4,6H,2,5H2,1H3,(H,16,17). The molecule has 1 N–H and O–H groups in total. The monoisotopic (exact) mass is 309 g/mol. The lowest BCUT2D eigenvalue weighted by molar-refractivity contribution is -0.138. The number of hydrogen-bond donors (Lipinski definition) is 1. The zero-order valence-corrected chi connectivity index (χ0v) is 10.7. The third-order valence-corrected chi connectivity index (χ3v) is 2.76. The SMILES string of the molecule is CCCNC(=O)c1ccc(Br)c(C(F)(F)F)c1. The Bertz CT molecular complexity index is 418. The molecule has 1 aromatic rings. The minimum atomic E-state index is -4.47. The molecule has 0 saturated carbocycles. The van der Waals surface area contributed by atoms with Crippen molar-refractivity contribution < 1.29 is 18.0 Å². The first kappa shape index (κ1) is 14.0. The molecule has 1 rings (SSSR count). The number of halogens is 4. The molecule has 17 heavy (non-hydrogen) atoms. The fraction of sp³-hybridized carbons (Fsp3) is 0.364. The van der Waals surface area contributed by atoms with E-state index in [9.17, 15) is 18.0 Å². The normalized spacial score (nSPS) is 11.4. The Morgan fingerprint density at radius 1 is 1.41 bits per heavy atom. The lowest BCUT2D eigenvalue weighted by atomic mass is 10.1. The fourth-order valence-corrected chi connectivity index (χ4v) is 1.70. The average molecular weight is 310 g/mol. The van der Waals surface area contributed by atoms with E-state index < -0.39 is 17.6 Å². The molecule has 2 nitrogen and oxygen atoms in total. The maximum Gasteiger partial charge on any atom is 0.417 e. The zero-order chi connectivity index (χ0) is 13.1. The third kappa shape index (κ3) is 3.73. The molecule has 0 bridgehead atoms.